The standard InChI is InChI=1S/C21H23FN4O2/c1-15-24-18-6-2-4-16(21(18)28-15)5-3-7-20(27)26-12-10-25(11-13-26)19-8-9-23-14-17(19)22/h2,4,6,8-9,14H,3,5,7,10-13H2,1H3. The number of piperazine rings is 1. The van der Waals surface area contributed by atoms with Crippen molar-refractivity contribution in [2.45, 2.75) is 26.2 Å². The number of fused-ring (bicyclic) bond motifs is 1. The number of para-hydroxylation sites is 1. The van der Waals surface area contributed by atoms with Gasteiger partial charge >= 0.3 is 0 Å². The summed E-state index contributed by atoms with van der Waals surface area (Å²) in [5.74, 6) is 0.483. The molecule has 3 aromatic rings. The smallest absolute Gasteiger partial charge is 0.222 e. The van der Waals surface area contributed by atoms with Gasteiger partial charge < -0.3 is 14.2 Å². The molecule has 1 amide bonds. The molecule has 2 aromatic heterocycles. The van der Waals surface area contributed by atoms with Crippen molar-refractivity contribution < 1.29 is 13.6 Å². The lowest BCUT2D eigenvalue weighted by atomic mass is 10.1. The van der Waals surface area contributed by atoms with Gasteiger partial charge in [0.15, 0.2) is 17.3 Å². The van der Waals surface area contributed by atoms with Gasteiger partial charge in [-0.25, -0.2) is 9.37 Å². The van der Waals surface area contributed by atoms with Crippen molar-refractivity contribution in [2.24, 2.45) is 0 Å². The van der Waals surface area contributed by atoms with E-state index in [0.29, 0.717) is 44.2 Å². The highest BCUT2D eigenvalue weighted by Gasteiger charge is 2.22. The van der Waals surface area contributed by atoms with Crippen LogP contribution in [-0.4, -0.2) is 47.0 Å². The molecule has 146 valence electrons. The monoisotopic (exact) mass is 382 g/mol. The maximum Gasteiger partial charge on any atom is 0.222 e. The van der Waals surface area contributed by atoms with E-state index in [4.69, 9.17) is 4.42 Å². The predicted molar refractivity (Wildman–Crippen MR) is 105 cm³/mol. The minimum Gasteiger partial charge on any atom is -0.441 e. The Labute approximate surface area is 163 Å². The largest absolute Gasteiger partial charge is 0.441 e. The molecule has 1 fully saturated rings. The van der Waals surface area contributed by atoms with Crippen molar-refractivity contribution in [3.8, 4) is 0 Å². The van der Waals surface area contributed by atoms with Crippen LogP contribution < -0.4 is 4.90 Å². The minimum absolute atomic E-state index is 0.149. The second kappa shape index (κ2) is 7.96. The molecule has 6 nitrogen and oxygen atoms in total. The molecule has 7 heteroatoms. The molecule has 28 heavy (non-hydrogen) atoms. The Bertz CT molecular complexity index is 979. The van der Waals surface area contributed by atoms with Gasteiger partial charge in [-0.2, -0.15) is 0 Å². The lowest BCUT2D eigenvalue weighted by Gasteiger charge is -2.36. The second-order valence-electron chi connectivity index (χ2n) is 7.05. The fraction of sp³-hybridized carbons (Fsp3) is 0.381. The van der Waals surface area contributed by atoms with Gasteiger partial charge in [-0.3, -0.25) is 9.78 Å². The number of hydrogen-bond acceptors (Lipinski definition) is 5. The fourth-order valence-electron chi connectivity index (χ4n) is 3.72. The summed E-state index contributed by atoms with van der Waals surface area (Å²) in [4.78, 5) is 24.5. The Morgan fingerprint density at radius 2 is 2.04 bits per heavy atom. The lowest BCUT2D eigenvalue weighted by molar-refractivity contribution is -0.131. The van der Waals surface area contributed by atoms with Crippen LogP contribution in [0.5, 0.6) is 0 Å². The summed E-state index contributed by atoms with van der Waals surface area (Å²) < 4.78 is 19.6. The summed E-state index contributed by atoms with van der Waals surface area (Å²) in [5, 5.41) is 0. The van der Waals surface area contributed by atoms with Crippen molar-refractivity contribution >= 4 is 22.7 Å². The molecular formula is C21H23FN4O2. The van der Waals surface area contributed by atoms with Crippen molar-refractivity contribution in [1.29, 1.82) is 0 Å². The molecule has 0 aliphatic carbocycles. The van der Waals surface area contributed by atoms with Crippen LogP contribution in [-0.2, 0) is 11.2 Å². The first-order valence-electron chi connectivity index (χ1n) is 9.59. The van der Waals surface area contributed by atoms with Gasteiger partial charge in [-0.05, 0) is 30.5 Å². The average Bonchev–Trinajstić information content (AvgIpc) is 3.09. The number of pyridine rings is 1. The lowest BCUT2D eigenvalue weighted by Crippen LogP contribution is -2.49. The summed E-state index contributed by atoms with van der Waals surface area (Å²) in [6.07, 6.45) is 4.85. The SMILES string of the molecule is Cc1nc2cccc(CCCC(=O)N3CCN(c4ccncc4F)CC3)c2o1. The quantitative estimate of drug-likeness (QED) is 0.677. The van der Waals surface area contributed by atoms with E-state index in [1.54, 1.807) is 12.3 Å². The number of carbonyl (C=O) groups excluding carboxylic acids is 1. The molecule has 0 saturated carbocycles. The average molecular weight is 382 g/mol. The van der Waals surface area contributed by atoms with Crippen molar-refractivity contribution in [3.63, 3.8) is 0 Å². The van der Waals surface area contributed by atoms with E-state index >= 15 is 0 Å². The number of nitrogens with zero attached hydrogens (tertiary/aromatic N) is 4. The van der Waals surface area contributed by atoms with Crippen LogP contribution in [0.1, 0.15) is 24.3 Å². The van der Waals surface area contributed by atoms with Gasteiger partial charge in [0.25, 0.3) is 0 Å². The first-order chi connectivity index (χ1) is 13.6. The Balaban J connectivity index is 1.28. The first-order valence-corrected chi connectivity index (χ1v) is 9.59. The predicted octanol–water partition coefficient (Wildman–Crippen LogP) is 3.34. The molecular weight excluding hydrogens is 359 g/mol. The zero-order chi connectivity index (χ0) is 19.5. The van der Waals surface area contributed by atoms with E-state index in [1.165, 1.54) is 6.20 Å². The van der Waals surface area contributed by atoms with Crippen LogP contribution in [0.15, 0.2) is 41.1 Å². The number of benzene rings is 1. The highest BCUT2D eigenvalue weighted by Crippen LogP contribution is 2.22. The third kappa shape index (κ3) is 3.83. The fourth-order valence-corrected chi connectivity index (χ4v) is 3.72. The van der Waals surface area contributed by atoms with Crippen molar-refractivity contribution in [2.75, 3.05) is 31.1 Å². The van der Waals surface area contributed by atoms with E-state index in [2.05, 4.69) is 9.97 Å². The molecule has 1 aromatic carbocycles. The van der Waals surface area contributed by atoms with E-state index < -0.39 is 0 Å². The van der Waals surface area contributed by atoms with Crippen LogP contribution in [0, 0.1) is 12.7 Å². The Morgan fingerprint density at radius 1 is 1.21 bits per heavy atom. The number of oxazole rings is 1. The normalized spacial score (nSPS) is 14.6. The van der Waals surface area contributed by atoms with Crippen molar-refractivity contribution in [3.05, 3.63) is 53.9 Å². The van der Waals surface area contributed by atoms with Crippen molar-refractivity contribution in [1.82, 2.24) is 14.9 Å². The maximum atomic E-state index is 13.9. The van der Waals surface area contributed by atoms with Gasteiger partial charge in [-0.15, -0.1) is 0 Å². The van der Waals surface area contributed by atoms with Gasteiger partial charge in [0.2, 0.25) is 5.91 Å². The number of carbonyl (C=O) groups is 1. The number of amides is 1. The minimum atomic E-state index is -0.320. The van der Waals surface area contributed by atoms with Gasteiger partial charge in [0.05, 0.1) is 11.9 Å². The van der Waals surface area contributed by atoms with Crippen LogP contribution >= 0.6 is 0 Å². The van der Waals surface area contributed by atoms with E-state index in [1.807, 2.05) is 34.9 Å². The molecule has 1 aliphatic heterocycles. The number of rotatable bonds is 5. The number of halogens is 1. The highest BCUT2D eigenvalue weighted by atomic mass is 19.1. The summed E-state index contributed by atoms with van der Waals surface area (Å²) in [5.41, 5.74) is 3.32. The zero-order valence-electron chi connectivity index (χ0n) is 15.9. The summed E-state index contributed by atoms with van der Waals surface area (Å²) in [6.45, 7) is 4.31. The molecule has 1 saturated heterocycles. The van der Waals surface area contributed by atoms with Crippen LogP contribution in [0.2, 0.25) is 0 Å². The number of aryl methyl sites for hydroxylation is 2. The number of hydrogen-bond donors (Lipinski definition) is 0. The van der Waals surface area contributed by atoms with E-state index in [9.17, 15) is 9.18 Å². The van der Waals surface area contributed by atoms with E-state index in [0.717, 1.165) is 29.5 Å². The van der Waals surface area contributed by atoms with Gasteiger partial charge in [0.1, 0.15) is 5.52 Å². The maximum absolute atomic E-state index is 13.9. The van der Waals surface area contributed by atoms with E-state index in [-0.39, 0.29) is 11.7 Å². The third-order valence-electron chi connectivity index (χ3n) is 5.16. The van der Waals surface area contributed by atoms with Crippen LogP contribution in [0.4, 0.5) is 10.1 Å². The molecule has 0 unspecified atom stereocenters. The number of aromatic nitrogens is 2. The number of anilines is 1. The zero-order valence-corrected chi connectivity index (χ0v) is 15.9. The first kappa shape index (κ1) is 18.4. The van der Waals surface area contributed by atoms with Crippen LogP contribution in [0.25, 0.3) is 11.1 Å². The molecule has 0 N–H and O–H groups in total. The van der Waals surface area contributed by atoms with Gasteiger partial charge in [0, 0.05) is 45.7 Å². The Morgan fingerprint density at radius 3 is 2.82 bits per heavy atom. The Hall–Kier alpha value is -2.96. The summed E-state index contributed by atoms with van der Waals surface area (Å²) >= 11 is 0. The molecule has 4 rings (SSSR count). The molecule has 0 spiro atoms. The summed E-state index contributed by atoms with van der Waals surface area (Å²) in [6, 6.07) is 7.61. The molecule has 0 radical (unpaired) electrons. The molecule has 3 heterocycles. The van der Waals surface area contributed by atoms with Gasteiger partial charge in [-0.1, -0.05) is 12.1 Å². The molecule has 1 aliphatic rings. The molecule has 0 bridgehead atoms. The second-order valence-corrected chi connectivity index (χ2v) is 7.05. The van der Waals surface area contributed by atoms with Crippen LogP contribution in [0.3, 0.4) is 0 Å². The molecule has 0 atom stereocenters. The summed E-state index contributed by atoms with van der Waals surface area (Å²) in [7, 11) is 0. The topological polar surface area (TPSA) is 62.5 Å². The highest BCUT2D eigenvalue weighted by molar-refractivity contribution is 5.78. The Kier molecular flexibility index (Phi) is 5.23. The third-order valence-corrected chi connectivity index (χ3v) is 5.16.